The van der Waals surface area contributed by atoms with Gasteiger partial charge in [-0.05, 0) is 19.1 Å². The van der Waals surface area contributed by atoms with E-state index in [9.17, 15) is 9.18 Å². The lowest BCUT2D eigenvalue weighted by Crippen LogP contribution is -2.12. The van der Waals surface area contributed by atoms with E-state index in [0.717, 1.165) is 0 Å². The van der Waals surface area contributed by atoms with E-state index in [0.29, 0.717) is 0 Å². The Balaban J connectivity index is 3.15. The van der Waals surface area contributed by atoms with Gasteiger partial charge in [-0.1, -0.05) is 22.0 Å². The van der Waals surface area contributed by atoms with Crippen molar-refractivity contribution in [2.45, 2.75) is 16.6 Å². The smallest absolute Gasteiger partial charge is 0.179 e. The summed E-state index contributed by atoms with van der Waals surface area (Å²) in [5.41, 5.74) is 0.0804. The monoisotopic (exact) mass is 262 g/mol. The number of alkyl halides is 1. The normalized spacial score (nSPS) is 12.6. The third-order valence-electron chi connectivity index (χ3n) is 1.61. The number of halogens is 2. The van der Waals surface area contributed by atoms with E-state index in [1.54, 1.807) is 13.0 Å². The van der Waals surface area contributed by atoms with E-state index in [1.807, 2.05) is 0 Å². The zero-order valence-electron chi connectivity index (χ0n) is 6.92. The van der Waals surface area contributed by atoms with E-state index in [4.69, 9.17) is 0 Å². The molecule has 0 N–H and O–H groups in total. The Bertz CT molecular complexity index is 338. The van der Waals surface area contributed by atoms with Crippen LogP contribution < -0.4 is 0 Å². The second kappa shape index (κ2) is 4.24. The van der Waals surface area contributed by atoms with Gasteiger partial charge in [-0.3, -0.25) is 4.79 Å². The van der Waals surface area contributed by atoms with Gasteiger partial charge in [0.25, 0.3) is 0 Å². The van der Waals surface area contributed by atoms with Crippen LogP contribution in [0.1, 0.15) is 17.3 Å². The van der Waals surface area contributed by atoms with E-state index in [-0.39, 0.29) is 21.1 Å². The molecule has 0 saturated heterocycles. The van der Waals surface area contributed by atoms with E-state index >= 15 is 0 Å². The molecule has 1 unspecified atom stereocenters. The van der Waals surface area contributed by atoms with Crippen molar-refractivity contribution in [3.8, 4) is 0 Å². The van der Waals surface area contributed by atoms with Gasteiger partial charge in [0.1, 0.15) is 5.82 Å². The van der Waals surface area contributed by atoms with Crippen LogP contribution in [0.25, 0.3) is 0 Å². The Morgan fingerprint density at radius 1 is 1.62 bits per heavy atom. The molecule has 0 fully saturated rings. The first-order valence-electron chi connectivity index (χ1n) is 3.69. The number of carbonyl (C=O) groups excluding carboxylic acids is 1. The molecule has 0 amide bonds. The van der Waals surface area contributed by atoms with Crippen molar-refractivity contribution in [3.63, 3.8) is 0 Å². The highest BCUT2D eigenvalue weighted by atomic mass is 79.9. The maximum atomic E-state index is 13.3. The second-order valence-corrected chi connectivity index (χ2v) is 4.47. The maximum absolute atomic E-state index is 13.3. The molecule has 1 rings (SSSR count). The number of thiol groups is 1. The third kappa shape index (κ3) is 2.31. The van der Waals surface area contributed by atoms with Crippen molar-refractivity contribution in [1.29, 1.82) is 0 Å². The van der Waals surface area contributed by atoms with Crippen LogP contribution in [0.3, 0.4) is 0 Å². The summed E-state index contributed by atoms with van der Waals surface area (Å²) in [5.74, 6) is -0.824. The number of rotatable bonds is 2. The molecular weight excluding hydrogens is 255 g/mol. The first-order valence-corrected chi connectivity index (χ1v) is 5.06. The van der Waals surface area contributed by atoms with E-state index in [1.165, 1.54) is 12.1 Å². The molecule has 13 heavy (non-hydrogen) atoms. The zero-order valence-corrected chi connectivity index (χ0v) is 9.40. The summed E-state index contributed by atoms with van der Waals surface area (Å²) in [6.07, 6.45) is 0. The molecule has 1 nitrogen and oxygen atoms in total. The summed E-state index contributed by atoms with van der Waals surface area (Å²) in [7, 11) is 0. The first-order chi connectivity index (χ1) is 6.04. The fraction of sp³-hybridized carbons (Fsp3) is 0.222. The van der Waals surface area contributed by atoms with Crippen LogP contribution in [0.5, 0.6) is 0 Å². The van der Waals surface area contributed by atoms with E-state index in [2.05, 4.69) is 28.6 Å². The van der Waals surface area contributed by atoms with Crippen molar-refractivity contribution in [2.75, 3.05) is 0 Å². The summed E-state index contributed by atoms with van der Waals surface area (Å²) in [4.78, 5) is 11.2. The number of Topliss-reactive ketones (excluding diaryl/α,β-unsaturated/α-hetero) is 1. The lowest BCUT2D eigenvalue weighted by molar-refractivity contribution is 0.0991. The Kier molecular flexibility index (Phi) is 3.50. The van der Waals surface area contributed by atoms with Crippen LogP contribution in [0.2, 0.25) is 0 Å². The molecule has 0 aliphatic heterocycles. The molecule has 0 heterocycles. The van der Waals surface area contributed by atoms with Crippen LogP contribution in [-0.4, -0.2) is 10.6 Å². The minimum atomic E-state index is -0.554. The van der Waals surface area contributed by atoms with Crippen molar-refractivity contribution in [1.82, 2.24) is 0 Å². The molecule has 1 aromatic rings. The maximum Gasteiger partial charge on any atom is 0.179 e. The van der Waals surface area contributed by atoms with Gasteiger partial charge in [0.2, 0.25) is 0 Å². The van der Waals surface area contributed by atoms with Gasteiger partial charge in [0.05, 0.1) is 10.4 Å². The first kappa shape index (κ1) is 10.7. The molecular formula is C9H8BrFOS. The van der Waals surface area contributed by atoms with Crippen molar-refractivity contribution >= 4 is 34.3 Å². The van der Waals surface area contributed by atoms with Crippen LogP contribution >= 0.6 is 28.6 Å². The Morgan fingerprint density at radius 2 is 2.23 bits per heavy atom. The van der Waals surface area contributed by atoms with Crippen LogP contribution in [0, 0.1) is 5.82 Å². The average molecular weight is 263 g/mol. The zero-order chi connectivity index (χ0) is 10.0. The van der Waals surface area contributed by atoms with Crippen molar-refractivity contribution in [2.24, 2.45) is 0 Å². The Hall–Kier alpha value is -0.350. The Labute approximate surface area is 89.9 Å². The molecule has 4 heteroatoms. The van der Waals surface area contributed by atoms with Gasteiger partial charge < -0.3 is 0 Å². The lowest BCUT2D eigenvalue weighted by Gasteiger charge is -2.05. The van der Waals surface area contributed by atoms with Crippen LogP contribution in [-0.2, 0) is 0 Å². The standard InChI is InChI=1S/C9H8BrFOS/c1-5(10)9(12)6-3-2-4-7(13)8(6)11/h2-5,13H,1H3. The predicted octanol–water partition coefficient (Wildman–Crippen LogP) is 3.08. The Morgan fingerprint density at radius 3 is 2.77 bits per heavy atom. The van der Waals surface area contributed by atoms with Crippen LogP contribution in [0.4, 0.5) is 4.39 Å². The number of benzene rings is 1. The summed E-state index contributed by atoms with van der Waals surface area (Å²) in [5, 5.41) is 0. The summed E-state index contributed by atoms with van der Waals surface area (Å²) in [6, 6.07) is 4.57. The van der Waals surface area contributed by atoms with Gasteiger partial charge in [-0.2, -0.15) is 0 Å². The molecule has 1 aromatic carbocycles. The summed E-state index contributed by atoms with van der Waals surface area (Å²) >= 11 is 6.98. The number of carbonyl (C=O) groups is 1. The van der Waals surface area contributed by atoms with Gasteiger partial charge in [0.15, 0.2) is 5.78 Å². The highest BCUT2D eigenvalue weighted by molar-refractivity contribution is 9.10. The summed E-state index contributed by atoms with van der Waals surface area (Å²) in [6.45, 7) is 1.66. The molecule has 0 aliphatic carbocycles. The number of hydrogen-bond donors (Lipinski definition) is 1. The second-order valence-electron chi connectivity index (χ2n) is 2.62. The molecule has 0 spiro atoms. The minimum Gasteiger partial charge on any atom is -0.293 e. The average Bonchev–Trinajstić information content (AvgIpc) is 2.08. The molecule has 0 aliphatic rings. The largest absolute Gasteiger partial charge is 0.293 e. The SMILES string of the molecule is CC(Br)C(=O)c1cccc(S)c1F. The predicted molar refractivity (Wildman–Crippen MR) is 56.4 cm³/mol. The quantitative estimate of drug-likeness (QED) is 0.493. The molecule has 1 atom stereocenters. The molecule has 0 aromatic heterocycles. The number of hydrogen-bond acceptors (Lipinski definition) is 2. The van der Waals surface area contributed by atoms with Crippen molar-refractivity contribution in [3.05, 3.63) is 29.6 Å². The number of ketones is 1. The van der Waals surface area contributed by atoms with Gasteiger partial charge in [-0.15, -0.1) is 12.6 Å². The lowest BCUT2D eigenvalue weighted by atomic mass is 10.1. The van der Waals surface area contributed by atoms with Gasteiger partial charge >= 0.3 is 0 Å². The van der Waals surface area contributed by atoms with Crippen LogP contribution in [0.15, 0.2) is 23.1 Å². The minimum absolute atomic E-state index is 0.0804. The van der Waals surface area contributed by atoms with E-state index < -0.39 is 5.82 Å². The highest BCUT2D eigenvalue weighted by Crippen LogP contribution is 2.19. The van der Waals surface area contributed by atoms with Gasteiger partial charge in [-0.25, -0.2) is 4.39 Å². The molecule has 0 saturated carbocycles. The van der Waals surface area contributed by atoms with Gasteiger partial charge in [0, 0.05) is 4.90 Å². The topological polar surface area (TPSA) is 17.1 Å². The van der Waals surface area contributed by atoms with Crippen molar-refractivity contribution < 1.29 is 9.18 Å². The fourth-order valence-electron chi connectivity index (χ4n) is 0.924. The molecule has 0 radical (unpaired) electrons. The molecule has 0 bridgehead atoms. The summed E-state index contributed by atoms with van der Waals surface area (Å²) < 4.78 is 13.3. The fourth-order valence-corrected chi connectivity index (χ4v) is 1.38. The third-order valence-corrected chi connectivity index (χ3v) is 2.37. The highest BCUT2D eigenvalue weighted by Gasteiger charge is 2.17. The molecule has 70 valence electrons.